The second-order valence-electron chi connectivity index (χ2n) is 6.53. The van der Waals surface area contributed by atoms with E-state index in [4.69, 9.17) is 0 Å². The summed E-state index contributed by atoms with van der Waals surface area (Å²) in [6, 6.07) is 13.6. The van der Waals surface area contributed by atoms with Crippen molar-refractivity contribution in [2.24, 2.45) is 0 Å². The number of benzene rings is 2. The Hall–Kier alpha value is -2.42. The number of hydrogen-bond donors (Lipinski definition) is 2. The third-order valence-electron chi connectivity index (χ3n) is 4.67. The van der Waals surface area contributed by atoms with Crippen LogP contribution >= 0.6 is 0 Å². The van der Waals surface area contributed by atoms with Crippen LogP contribution in [0.5, 0.6) is 0 Å². The second-order valence-corrected chi connectivity index (χ2v) is 8.41. The van der Waals surface area contributed by atoms with Crippen molar-refractivity contribution in [3.63, 3.8) is 0 Å². The highest BCUT2D eigenvalue weighted by atomic mass is 32.2. The number of carbonyl (C=O) groups is 1. The first kappa shape index (κ1) is 19.3. The van der Waals surface area contributed by atoms with Crippen LogP contribution in [0.1, 0.15) is 10.4 Å². The molecule has 8 heteroatoms. The number of carbonyl (C=O) groups excluding carboxylic acids is 1. The zero-order valence-corrected chi connectivity index (χ0v) is 16.3. The Morgan fingerprint density at radius 3 is 2.30 bits per heavy atom. The Morgan fingerprint density at radius 1 is 1.00 bits per heavy atom. The van der Waals surface area contributed by atoms with Gasteiger partial charge in [-0.2, -0.15) is 0 Å². The molecular weight excluding hydrogens is 364 g/mol. The molecule has 2 aromatic rings. The molecule has 1 heterocycles. The van der Waals surface area contributed by atoms with Gasteiger partial charge in [-0.1, -0.05) is 6.07 Å². The summed E-state index contributed by atoms with van der Waals surface area (Å²) in [5, 5.41) is 2.81. The van der Waals surface area contributed by atoms with Gasteiger partial charge in [0.2, 0.25) is 10.0 Å². The molecular formula is C19H24N4O3S. The average Bonchev–Trinajstić information content (AvgIpc) is 2.69. The molecule has 1 aliphatic rings. The standard InChI is InChI=1S/C19H24N4O3S/c1-20-27(25,26)18-5-3-4-15(14-18)19(24)21-16-6-8-17(9-7-16)23-12-10-22(2)11-13-23/h3-9,14,20H,10-13H2,1-2H3,(H,21,24). The van der Waals surface area contributed by atoms with Crippen molar-refractivity contribution in [1.82, 2.24) is 9.62 Å². The summed E-state index contributed by atoms with van der Waals surface area (Å²) < 4.78 is 26.0. The lowest BCUT2D eigenvalue weighted by atomic mass is 10.2. The van der Waals surface area contributed by atoms with Gasteiger partial charge in [-0.05, 0) is 56.6 Å². The van der Waals surface area contributed by atoms with Crippen molar-refractivity contribution >= 4 is 27.3 Å². The van der Waals surface area contributed by atoms with E-state index in [1.165, 1.54) is 19.2 Å². The van der Waals surface area contributed by atoms with E-state index in [1.807, 2.05) is 24.3 Å². The molecule has 0 saturated carbocycles. The molecule has 0 bridgehead atoms. The van der Waals surface area contributed by atoms with Crippen LogP contribution in [0.2, 0.25) is 0 Å². The average molecular weight is 388 g/mol. The number of anilines is 2. The smallest absolute Gasteiger partial charge is 0.255 e. The monoisotopic (exact) mass is 388 g/mol. The minimum atomic E-state index is -3.59. The molecule has 1 amide bonds. The van der Waals surface area contributed by atoms with Crippen molar-refractivity contribution in [3.8, 4) is 0 Å². The van der Waals surface area contributed by atoms with Crippen molar-refractivity contribution in [2.45, 2.75) is 4.90 Å². The topological polar surface area (TPSA) is 81.7 Å². The quantitative estimate of drug-likeness (QED) is 0.813. The summed E-state index contributed by atoms with van der Waals surface area (Å²) in [6.45, 7) is 4.03. The largest absolute Gasteiger partial charge is 0.369 e. The molecule has 2 N–H and O–H groups in total. The number of nitrogens with zero attached hydrogens (tertiary/aromatic N) is 2. The SMILES string of the molecule is CNS(=O)(=O)c1cccc(C(=O)Nc2ccc(N3CCN(C)CC3)cc2)c1. The van der Waals surface area contributed by atoms with Crippen LogP contribution in [0.25, 0.3) is 0 Å². The summed E-state index contributed by atoms with van der Waals surface area (Å²) in [7, 11) is -0.133. The minimum absolute atomic E-state index is 0.0584. The zero-order chi connectivity index (χ0) is 19.4. The first-order valence-corrected chi connectivity index (χ1v) is 10.3. The predicted molar refractivity (Wildman–Crippen MR) is 107 cm³/mol. The molecule has 27 heavy (non-hydrogen) atoms. The normalized spacial score (nSPS) is 15.6. The van der Waals surface area contributed by atoms with Gasteiger partial charge in [0, 0.05) is 43.1 Å². The highest BCUT2D eigenvalue weighted by molar-refractivity contribution is 7.89. The van der Waals surface area contributed by atoms with Crippen molar-refractivity contribution < 1.29 is 13.2 Å². The molecule has 0 atom stereocenters. The minimum Gasteiger partial charge on any atom is -0.369 e. The first-order chi connectivity index (χ1) is 12.9. The van der Waals surface area contributed by atoms with Crippen molar-refractivity contribution in [1.29, 1.82) is 0 Å². The van der Waals surface area contributed by atoms with Gasteiger partial charge in [0.1, 0.15) is 0 Å². The predicted octanol–water partition coefficient (Wildman–Crippen LogP) is 1.60. The molecule has 1 aliphatic heterocycles. The Balaban J connectivity index is 1.69. The highest BCUT2D eigenvalue weighted by Gasteiger charge is 2.16. The Morgan fingerprint density at radius 2 is 1.67 bits per heavy atom. The number of sulfonamides is 1. The maximum atomic E-state index is 12.5. The van der Waals surface area contributed by atoms with Gasteiger partial charge in [-0.25, -0.2) is 13.1 Å². The fourth-order valence-corrected chi connectivity index (χ4v) is 3.72. The summed E-state index contributed by atoms with van der Waals surface area (Å²) >= 11 is 0. The number of piperazine rings is 1. The van der Waals surface area contributed by atoms with Crippen molar-refractivity contribution in [3.05, 3.63) is 54.1 Å². The van der Waals surface area contributed by atoms with Crippen LogP contribution in [0.4, 0.5) is 11.4 Å². The summed E-state index contributed by atoms with van der Waals surface area (Å²) in [5.41, 5.74) is 2.08. The molecule has 7 nitrogen and oxygen atoms in total. The maximum Gasteiger partial charge on any atom is 0.255 e. The molecule has 0 aromatic heterocycles. The number of hydrogen-bond acceptors (Lipinski definition) is 5. The molecule has 0 spiro atoms. The zero-order valence-electron chi connectivity index (χ0n) is 15.5. The molecule has 3 rings (SSSR count). The number of likely N-dealkylation sites (N-methyl/N-ethyl adjacent to an activating group) is 1. The summed E-state index contributed by atoms with van der Waals surface area (Å²) in [4.78, 5) is 17.1. The molecule has 0 aliphatic carbocycles. The third-order valence-corrected chi connectivity index (χ3v) is 6.08. The molecule has 1 fully saturated rings. The van der Waals surface area contributed by atoms with Gasteiger partial charge < -0.3 is 15.1 Å². The van der Waals surface area contributed by atoms with Gasteiger partial charge in [0.15, 0.2) is 0 Å². The van der Waals surface area contributed by atoms with Gasteiger partial charge in [0.05, 0.1) is 4.90 Å². The lowest BCUT2D eigenvalue weighted by Crippen LogP contribution is -2.44. The fourth-order valence-electron chi connectivity index (χ4n) is 2.95. The second kappa shape index (κ2) is 8.08. The van der Waals surface area contributed by atoms with Gasteiger partial charge in [-0.15, -0.1) is 0 Å². The lowest BCUT2D eigenvalue weighted by Gasteiger charge is -2.34. The van der Waals surface area contributed by atoms with Gasteiger partial charge in [-0.3, -0.25) is 4.79 Å². The van der Waals surface area contributed by atoms with E-state index in [2.05, 4.69) is 26.9 Å². The fraction of sp³-hybridized carbons (Fsp3) is 0.316. The van der Waals surface area contributed by atoms with E-state index >= 15 is 0 Å². The molecule has 2 aromatic carbocycles. The van der Waals surface area contributed by atoms with E-state index < -0.39 is 10.0 Å². The molecule has 144 valence electrons. The summed E-state index contributed by atoms with van der Waals surface area (Å²) in [6.07, 6.45) is 0. The Kier molecular flexibility index (Phi) is 5.79. The first-order valence-electron chi connectivity index (χ1n) is 8.77. The van der Waals surface area contributed by atoms with Gasteiger partial charge >= 0.3 is 0 Å². The maximum absolute atomic E-state index is 12.5. The molecule has 1 saturated heterocycles. The Bertz CT molecular complexity index is 905. The number of amides is 1. The third kappa shape index (κ3) is 4.65. The van der Waals surface area contributed by atoms with Crippen molar-refractivity contribution in [2.75, 3.05) is 50.5 Å². The van der Waals surface area contributed by atoms with Crippen LogP contribution in [-0.2, 0) is 10.0 Å². The summed E-state index contributed by atoms with van der Waals surface area (Å²) in [5.74, 6) is -0.351. The van der Waals surface area contributed by atoms with E-state index in [0.717, 1.165) is 31.9 Å². The van der Waals surface area contributed by atoms with Crippen LogP contribution in [0.15, 0.2) is 53.4 Å². The molecule has 0 unspecified atom stereocenters. The van der Waals surface area contributed by atoms with Crippen LogP contribution in [0.3, 0.4) is 0 Å². The Labute approximate surface area is 160 Å². The van der Waals surface area contributed by atoms with E-state index in [1.54, 1.807) is 12.1 Å². The molecule has 0 radical (unpaired) electrons. The van der Waals surface area contributed by atoms with E-state index in [9.17, 15) is 13.2 Å². The highest BCUT2D eigenvalue weighted by Crippen LogP contribution is 2.20. The van der Waals surface area contributed by atoms with E-state index in [0.29, 0.717) is 5.69 Å². The number of rotatable bonds is 5. The lowest BCUT2D eigenvalue weighted by molar-refractivity contribution is 0.102. The van der Waals surface area contributed by atoms with Gasteiger partial charge in [0.25, 0.3) is 5.91 Å². The number of nitrogens with one attached hydrogen (secondary N) is 2. The van der Waals surface area contributed by atoms with Crippen LogP contribution in [-0.4, -0.2) is 59.5 Å². The van der Waals surface area contributed by atoms with E-state index in [-0.39, 0.29) is 16.4 Å². The van der Waals surface area contributed by atoms with Crippen LogP contribution < -0.4 is 14.9 Å². The van der Waals surface area contributed by atoms with Crippen LogP contribution in [0, 0.1) is 0 Å².